The summed E-state index contributed by atoms with van der Waals surface area (Å²) in [7, 11) is 0. The van der Waals surface area contributed by atoms with E-state index in [1.165, 1.54) is 38.2 Å². The smallest absolute Gasteiger partial charge is 0.338 e. The SMILES string of the molecule is C#CC#COc1ccc(C(=O)OC2CCC(C(=O)Oc3ccc(OCCCCCCCCCCCOC(=O)C=C)cc3)CC2)cc1. The van der Waals surface area contributed by atoms with E-state index in [4.69, 9.17) is 30.1 Å². The maximum absolute atomic E-state index is 12.7. The van der Waals surface area contributed by atoms with Crippen molar-refractivity contribution in [3.8, 4) is 41.6 Å². The highest BCUT2D eigenvalue weighted by molar-refractivity contribution is 5.89. The normalized spacial score (nSPS) is 15.3. The van der Waals surface area contributed by atoms with Crippen molar-refractivity contribution in [1.29, 1.82) is 0 Å². The van der Waals surface area contributed by atoms with E-state index in [9.17, 15) is 14.4 Å². The van der Waals surface area contributed by atoms with E-state index < -0.39 is 5.97 Å². The molecule has 0 bridgehead atoms. The van der Waals surface area contributed by atoms with Crippen molar-refractivity contribution in [2.75, 3.05) is 13.2 Å². The van der Waals surface area contributed by atoms with Crippen LogP contribution < -0.4 is 14.2 Å². The van der Waals surface area contributed by atoms with Crippen molar-refractivity contribution in [2.45, 2.75) is 89.6 Å². The minimum absolute atomic E-state index is 0.236. The summed E-state index contributed by atoms with van der Waals surface area (Å²) in [5.74, 6) is 4.96. The van der Waals surface area contributed by atoms with Gasteiger partial charge in [-0.15, -0.1) is 6.42 Å². The van der Waals surface area contributed by atoms with Gasteiger partial charge in [0.25, 0.3) is 0 Å². The number of carbonyl (C=O) groups is 3. The van der Waals surface area contributed by atoms with Crippen molar-refractivity contribution in [3.63, 3.8) is 0 Å². The zero-order chi connectivity index (χ0) is 32.8. The molecule has 0 atom stereocenters. The molecule has 0 radical (unpaired) electrons. The number of carbonyl (C=O) groups excluding carboxylic acids is 3. The van der Waals surface area contributed by atoms with Crippen LogP contribution in [0.15, 0.2) is 61.2 Å². The van der Waals surface area contributed by atoms with Gasteiger partial charge in [0.05, 0.1) is 24.7 Å². The summed E-state index contributed by atoms with van der Waals surface area (Å²) in [6.45, 7) is 4.51. The molecule has 0 saturated heterocycles. The molecule has 0 unspecified atom stereocenters. The highest BCUT2D eigenvalue weighted by atomic mass is 16.5. The monoisotopic (exact) mass is 628 g/mol. The summed E-state index contributed by atoms with van der Waals surface area (Å²) in [6.07, 6.45) is 20.8. The molecule has 3 rings (SSSR count). The topological polar surface area (TPSA) is 97.4 Å². The lowest BCUT2D eigenvalue weighted by molar-refractivity contribution is -0.140. The molecule has 2 aromatic rings. The molecule has 8 nitrogen and oxygen atoms in total. The Bertz CT molecular complexity index is 1340. The van der Waals surface area contributed by atoms with Crippen LogP contribution in [0.2, 0.25) is 0 Å². The number of rotatable bonds is 19. The van der Waals surface area contributed by atoms with E-state index in [-0.39, 0.29) is 24.0 Å². The van der Waals surface area contributed by atoms with Crippen molar-refractivity contribution >= 4 is 17.9 Å². The van der Waals surface area contributed by atoms with E-state index in [0.29, 0.717) is 56.0 Å². The lowest BCUT2D eigenvalue weighted by Gasteiger charge is -2.27. The number of unbranched alkanes of at least 4 members (excludes halogenated alkanes) is 8. The number of benzene rings is 2. The van der Waals surface area contributed by atoms with Gasteiger partial charge in [-0.2, -0.15) is 0 Å². The van der Waals surface area contributed by atoms with Crippen molar-refractivity contribution in [1.82, 2.24) is 0 Å². The minimum atomic E-state index is -0.417. The second-order valence-electron chi connectivity index (χ2n) is 11.2. The van der Waals surface area contributed by atoms with Gasteiger partial charge in [-0.25, -0.2) is 9.59 Å². The predicted octanol–water partition coefficient (Wildman–Crippen LogP) is 7.60. The molecule has 0 amide bonds. The fourth-order valence-corrected chi connectivity index (χ4v) is 5.08. The lowest BCUT2D eigenvalue weighted by atomic mass is 9.87. The van der Waals surface area contributed by atoms with Crippen LogP contribution in [0.1, 0.15) is 93.8 Å². The molecule has 244 valence electrons. The molecule has 0 N–H and O–H groups in total. The summed E-state index contributed by atoms with van der Waals surface area (Å²) in [5.41, 5.74) is 0.410. The molecule has 46 heavy (non-hydrogen) atoms. The van der Waals surface area contributed by atoms with Crippen LogP contribution in [0.25, 0.3) is 0 Å². The largest absolute Gasteiger partial charge is 0.494 e. The first-order valence-corrected chi connectivity index (χ1v) is 16.2. The summed E-state index contributed by atoms with van der Waals surface area (Å²) in [4.78, 5) is 36.3. The van der Waals surface area contributed by atoms with Crippen LogP contribution in [0, 0.1) is 30.3 Å². The van der Waals surface area contributed by atoms with E-state index in [1.54, 1.807) is 36.4 Å². The zero-order valence-electron chi connectivity index (χ0n) is 26.5. The molecule has 0 aliphatic heterocycles. The van der Waals surface area contributed by atoms with Crippen LogP contribution in [0.5, 0.6) is 17.2 Å². The van der Waals surface area contributed by atoms with Crippen LogP contribution in [-0.2, 0) is 19.1 Å². The van der Waals surface area contributed by atoms with Crippen LogP contribution >= 0.6 is 0 Å². The van der Waals surface area contributed by atoms with Gasteiger partial charge in [0, 0.05) is 12.0 Å². The van der Waals surface area contributed by atoms with E-state index in [0.717, 1.165) is 31.4 Å². The molecular formula is C38H44O8. The Morgan fingerprint density at radius 2 is 1.33 bits per heavy atom. The summed E-state index contributed by atoms with van der Waals surface area (Å²) < 4.78 is 27.2. The molecule has 2 aromatic carbocycles. The molecular weight excluding hydrogens is 584 g/mol. The highest BCUT2D eigenvalue weighted by Gasteiger charge is 2.30. The van der Waals surface area contributed by atoms with E-state index >= 15 is 0 Å². The number of ether oxygens (including phenoxy) is 5. The Balaban J connectivity index is 1.22. The third kappa shape index (κ3) is 13.9. The average molecular weight is 629 g/mol. The van der Waals surface area contributed by atoms with E-state index in [2.05, 4.69) is 24.5 Å². The molecule has 0 heterocycles. The molecule has 1 aliphatic carbocycles. The Morgan fingerprint density at radius 1 is 0.761 bits per heavy atom. The summed E-state index contributed by atoms with van der Waals surface area (Å²) in [5, 5.41) is 0. The second kappa shape index (κ2) is 21.1. The quantitative estimate of drug-likeness (QED) is 0.0516. The molecule has 0 spiro atoms. The molecule has 1 saturated carbocycles. The Labute approximate surface area is 272 Å². The van der Waals surface area contributed by atoms with Gasteiger partial charge in [-0.05, 0) is 93.0 Å². The van der Waals surface area contributed by atoms with Crippen LogP contribution in [0.4, 0.5) is 0 Å². The minimum Gasteiger partial charge on any atom is -0.494 e. The number of hydrogen-bond acceptors (Lipinski definition) is 8. The highest BCUT2D eigenvalue weighted by Crippen LogP contribution is 2.29. The van der Waals surface area contributed by atoms with Gasteiger partial charge in [0.2, 0.25) is 0 Å². The molecule has 0 aromatic heterocycles. The lowest BCUT2D eigenvalue weighted by Crippen LogP contribution is -2.30. The maximum atomic E-state index is 12.7. The maximum Gasteiger partial charge on any atom is 0.338 e. The predicted molar refractivity (Wildman–Crippen MR) is 175 cm³/mol. The Morgan fingerprint density at radius 3 is 1.93 bits per heavy atom. The third-order valence-electron chi connectivity index (χ3n) is 7.67. The third-order valence-corrected chi connectivity index (χ3v) is 7.67. The fourth-order valence-electron chi connectivity index (χ4n) is 5.08. The van der Waals surface area contributed by atoms with Gasteiger partial charge in [0.1, 0.15) is 29.5 Å². The summed E-state index contributed by atoms with van der Waals surface area (Å²) in [6, 6.07) is 13.6. The standard InChI is InChI=1S/C38H44O8/c1-3-5-27-42-32-19-15-30(16-20-32)37(40)45-34-21-17-31(18-22-34)38(41)46-35-25-23-33(24-26-35)43-28-13-11-9-7-6-8-10-12-14-29-44-36(39)4-2/h1,4,15-16,19-20,23-26,31,34H,2,6-14,17-18,21-22,28-29H2. The van der Waals surface area contributed by atoms with Crippen LogP contribution in [-0.4, -0.2) is 37.2 Å². The van der Waals surface area contributed by atoms with Gasteiger partial charge < -0.3 is 23.7 Å². The fraction of sp³-hybridized carbons (Fsp3) is 0.447. The first-order valence-electron chi connectivity index (χ1n) is 16.2. The number of hydrogen-bond donors (Lipinski definition) is 0. The van der Waals surface area contributed by atoms with E-state index in [1.807, 2.05) is 12.1 Å². The average Bonchev–Trinajstić information content (AvgIpc) is 3.08. The number of esters is 3. The van der Waals surface area contributed by atoms with Gasteiger partial charge in [0.15, 0.2) is 0 Å². The van der Waals surface area contributed by atoms with Crippen molar-refractivity contribution in [2.24, 2.45) is 5.92 Å². The van der Waals surface area contributed by atoms with Crippen molar-refractivity contribution in [3.05, 3.63) is 66.7 Å². The molecule has 1 fully saturated rings. The second-order valence-corrected chi connectivity index (χ2v) is 11.2. The first kappa shape index (κ1) is 35.8. The summed E-state index contributed by atoms with van der Waals surface area (Å²) >= 11 is 0. The van der Waals surface area contributed by atoms with Gasteiger partial charge >= 0.3 is 17.9 Å². The first-order chi connectivity index (χ1) is 22.5. The van der Waals surface area contributed by atoms with Gasteiger partial charge in [-0.3, -0.25) is 4.79 Å². The van der Waals surface area contributed by atoms with Crippen molar-refractivity contribution < 1.29 is 38.1 Å². The molecule has 1 aliphatic rings. The number of terminal acetylenes is 1. The van der Waals surface area contributed by atoms with Gasteiger partial charge in [-0.1, -0.05) is 51.5 Å². The Hall–Kier alpha value is -4.69. The molecule has 8 heteroatoms. The zero-order valence-corrected chi connectivity index (χ0v) is 26.5. The Kier molecular flexibility index (Phi) is 16.4. The van der Waals surface area contributed by atoms with Crippen LogP contribution in [0.3, 0.4) is 0 Å².